The molecule has 0 bridgehead atoms. The minimum absolute atomic E-state index is 0.227. The lowest BCUT2D eigenvalue weighted by Gasteiger charge is -2.13. The molecule has 26 heavy (non-hydrogen) atoms. The highest BCUT2D eigenvalue weighted by Gasteiger charge is 2.42. The van der Waals surface area contributed by atoms with E-state index in [0.717, 1.165) is 16.7 Å². The Morgan fingerprint density at radius 3 is 2.62 bits per heavy atom. The van der Waals surface area contributed by atoms with Crippen LogP contribution in [0.25, 0.3) is 11.1 Å². The van der Waals surface area contributed by atoms with Gasteiger partial charge in [-0.25, -0.2) is 4.79 Å². The number of hydrogen-bond donors (Lipinski definition) is 2. The summed E-state index contributed by atoms with van der Waals surface area (Å²) in [6, 6.07) is 12.4. The predicted octanol–water partition coefficient (Wildman–Crippen LogP) is 2.30. The molecular formula is C21H19NO4. The van der Waals surface area contributed by atoms with Crippen molar-refractivity contribution in [1.82, 2.24) is 4.90 Å². The van der Waals surface area contributed by atoms with Gasteiger partial charge in [0.2, 0.25) is 5.60 Å². The maximum Gasteiger partial charge on any atom is 0.335 e. The number of aromatic carboxylic acids is 1. The number of hydrogen-bond acceptors (Lipinski definition) is 3. The average molecular weight is 349 g/mol. The van der Waals surface area contributed by atoms with Crippen LogP contribution in [-0.4, -0.2) is 46.2 Å². The van der Waals surface area contributed by atoms with Gasteiger partial charge < -0.3 is 15.1 Å². The van der Waals surface area contributed by atoms with Gasteiger partial charge in [-0.05, 0) is 47.9 Å². The quantitative estimate of drug-likeness (QED) is 0.816. The van der Waals surface area contributed by atoms with E-state index in [0.29, 0.717) is 12.1 Å². The first-order valence-corrected chi connectivity index (χ1v) is 8.25. The number of carboxylic acids is 1. The molecule has 1 heterocycles. The fourth-order valence-corrected chi connectivity index (χ4v) is 3.00. The summed E-state index contributed by atoms with van der Waals surface area (Å²) < 4.78 is 0. The smallest absolute Gasteiger partial charge is 0.335 e. The van der Waals surface area contributed by atoms with Gasteiger partial charge in [-0.15, -0.1) is 0 Å². The number of carboxylic acid groups (broad SMARTS) is 1. The number of amides is 1. The van der Waals surface area contributed by atoms with Crippen molar-refractivity contribution < 1.29 is 19.8 Å². The largest absolute Gasteiger partial charge is 0.478 e. The van der Waals surface area contributed by atoms with Crippen LogP contribution < -0.4 is 0 Å². The van der Waals surface area contributed by atoms with Gasteiger partial charge >= 0.3 is 5.97 Å². The van der Waals surface area contributed by atoms with Crippen molar-refractivity contribution in [1.29, 1.82) is 0 Å². The van der Waals surface area contributed by atoms with Crippen molar-refractivity contribution in [2.75, 3.05) is 13.6 Å². The van der Waals surface area contributed by atoms with Crippen molar-refractivity contribution in [3.8, 4) is 23.0 Å². The van der Waals surface area contributed by atoms with E-state index in [4.69, 9.17) is 0 Å². The van der Waals surface area contributed by atoms with Crippen LogP contribution in [0.4, 0.5) is 0 Å². The molecule has 0 aliphatic carbocycles. The minimum atomic E-state index is -1.63. The number of likely N-dealkylation sites (N-methyl/N-ethyl adjacent to an activating group) is 1. The summed E-state index contributed by atoms with van der Waals surface area (Å²) in [7, 11) is 1.64. The highest BCUT2D eigenvalue weighted by atomic mass is 16.4. The number of nitrogens with zero attached hydrogens (tertiary/aromatic N) is 1. The molecule has 1 amide bonds. The Balaban J connectivity index is 1.95. The second-order valence-electron chi connectivity index (χ2n) is 6.56. The molecule has 2 aromatic carbocycles. The fourth-order valence-electron chi connectivity index (χ4n) is 3.00. The maximum absolute atomic E-state index is 12.0. The highest BCUT2D eigenvalue weighted by molar-refractivity contribution is 5.91. The first-order chi connectivity index (χ1) is 12.3. The van der Waals surface area contributed by atoms with Crippen molar-refractivity contribution in [2.45, 2.75) is 18.9 Å². The van der Waals surface area contributed by atoms with Crippen LogP contribution in [0.1, 0.15) is 27.9 Å². The Morgan fingerprint density at radius 2 is 1.96 bits per heavy atom. The molecule has 0 aromatic heterocycles. The van der Waals surface area contributed by atoms with E-state index in [-0.39, 0.29) is 17.9 Å². The highest BCUT2D eigenvalue weighted by Crippen LogP contribution is 2.24. The van der Waals surface area contributed by atoms with Gasteiger partial charge in [0, 0.05) is 25.6 Å². The third kappa shape index (κ3) is 3.46. The van der Waals surface area contributed by atoms with E-state index in [2.05, 4.69) is 11.8 Å². The maximum atomic E-state index is 12.0. The Bertz CT molecular complexity index is 954. The molecule has 2 N–H and O–H groups in total. The molecule has 5 heteroatoms. The molecule has 132 valence electrons. The summed E-state index contributed by atoms with van der Waals surface area (Å²) in [5.41, 5.74) is 1.70. The topological polar surface area (TPSA) is 77.8 Å². The zero-order valence-electron chi connectivity index (χ0n) is 14.6. The second kappa shape index (κ2) is 6.66. The molecule has 1 aliphatic rings. The lowest BCUT2D eigenvalue weighted by Crippen LogP contribution is -2.37. The normalized spacial score (nSPS) is 19.2. The van der Waals surface area contributed by atoms with Gasteiger partial charge in [0.05, 0.1) is 5.56 Å². The van der Waals surface area contributed by atoms with E-state index in [9.17, 15) is 19.8 Å². The molecule has 0 saturated carbocycles. The van der Waals surface area contributed by atoms with Crippen LogP contribution in [0.5, 0.6) is 0 Å². The zero-order valence-corrected chi connectivity index (χ0v) is 14.6. The minimum Gasteiger partial charge on any atom is -0.478 e. The number of rotatable bonds is 2. The Kier molecular flexibility index (Phi) is 4.54. The van der Waals surface area contributed by atoms with Crippen LogP contribution >= 0.6 is 0 Å². The van der Waals surface area contributed by atoms with Crippen LogP contribution in [-0.2, 0) is 4.79 Å². The van der Waals surface area contributed by atoms with E-state index in [1.165, 1.54) is 4.90 Å². The monoisotopic (exact) mass is 349 g/mol. The summed E-state index contributed by atoms with van der Waals surface area (Å²) in [4.78, 5) is 24.7. The van der Waals surface area contributed by atoms with E-state index < -0.39 is 11.6 Å². The number of benzene rings is 2. The number of aryl methyl sites for hydroxylation is 1. The van der Waals surface area contributed by atoms with Gasteiger partial charge in [-0.1, -0.05) is 30.0 Å². The Morgan fingerprint density at radius 1 is 1.19 bits per heavy atom. The molecule has 0 radical (unpaired) electrons. The van der Waals surface area contributed by atoms with Gasteiger partial charge in [0.1, 0.15) is 0 Å². The first kappa shape index (κ1) is 17.7. The molecule has 2 aromatic rings. The molecule has 0 unspecified atom stereocenters. The number of carbonyl (C=O) groups excluding carboxylic acids is 1. The van der Waals surface area contributed by atoms with E-state index >= 15 is 0 Å². The molecule has 1 fully saturated rings. The third-order valence-corrected chi connectivity index (χ3v) is 4.44. The number of carbonyl (C=O) groups is 2. The van der Waals surface area contributed by atoms with Gasteiger partial charge in [0.25, 0.3) is 5.91 Å². The predicted molar refractivity (Wildman–Crippen MR) is 97.7 cm³/mol. The van der Waals surface area contributed by atoms with Crippen LogP contribution in [0.3, 0.4) is 0 Å². The van der Waals surface area contributed by atoms with E-state index in [1.807, 2.05) is 31.2 Å². The summed E-state index contributed by atoms with van der Waals surface area (Å²) >= 11 is 0. The molecule has 1 saturated heterocycles. The summed E-state index contributed by atoms with van der Waals surface area (Å²) in [5.74, 6) is 4.21. The summed E-state index contributed by atoms with van der Waals surface area (Å²) in [6.45, 7) is 2.32. The number of aliphatic hydroxyl groups is 1. The van der Waals surface area contributed by atoms with Crippen LogP contribution in [0.2, 0.25) is 0 Å². The molecule has 1 atom stereocenters. The molecular weight excluding hydrogens is 330 g/mol. The SMILES string of the molecule is Cc1cc(C(=O)O)cc(-c2cccc(C#C[C@]3(O)CCN(C)C3=O)c2)c1. The summed E-state index contributed by atoms with van der Waals surface area (Å²) in [5, 5.41) is 19.6. The van der Waals surface area contributed by atoms with Gasteiger partial charge in [0.15, 0.2) is 0 Å². The first-order valence-electron chi connectivity index (χ1n) is 8.25. The van der Waals surface area contributed by atoms with Gasteiger partial charge in [-0.2, -0.15) is 0 Å². The Labute approximate surface area is 151 Å². The van der Waals surface area contributed by atoms with Crippen LogP contribution in [0, 0.1) is 18.8 Å². The van der Waals surface area contributed by atoms with E-state index in [1.54, 1.807) is 25.2 Å². The third-order valence-electron chi connectivity index (χ3n) is 4.44. The molecule has 3 rings (SSSR count). The zero-order chi connectivity index (χ0) is 18.9. The van der Waals surface area contributed by atoms with Crippen LogP contribution in [0.15, 0.2) is 42.5 Å². The lowest BCUT2D eigenvalue weighted by atomic mass is 9.98. The standard InChI is InChI=1S/C21H19NO4/c1-14-10-17(13-18(11-14)19(23)24)16-5-3-4-15(12-16)6-7-21(26)8-9-22(2)20(21)25/h3-5,10-13,26H,8-9H2,1-2H3,(H,23,24)/t21-/m0/s1. The molecule has 1 aliphatic heterocycles. The van der Waals surface area contributed by atoms with Crippen molar-refractivity contribution in [2.24, 2.45) is 0 Å². The second-order valence-corrected chi connectivity index (χ2v) is 6.56. The van der Waals surface area contributed by atoms with Crippen molar-refractivity contribution in [3.05, 3.63) is 59.2 Å². The fraction of sp³-hybridized carbons (Fsp3) is 0.238. The summed E-state index contributed by atoms with van der Waals surface area (Å²) in [6.07, 6.45) is 0.287. The van der Waals surface area contributed by atoms with Crippen molar-refractivity contribution in [3.63, 3.8) is 0 Å². The molecule has 5 nitrogen and oxygen atoms in total. The number of likely N-dealkylation sites (tertiary alicyclic amines) is 1. The van der Waals surface area contributed by atoms with Crippen molar-refractivity contribution >= 4 is 11.9 Å². The molecule has 0 spiro atoms. The van der Waals surface area contributed by atoms with Gasteiger partial charge in [-0.3, -0.25) is 4.79 Å². The lowest BCUT2D eigenvalue weighted by molar-refractivity contribution is -0.137. The average Bonchev–Trinajstić information content (AvgIpc) is 2.88. The Hall–Kier alpha value is -3.10.